The molecule has 2 rings (SSSR count). The van der Waals surface area contributed by atoms with E-state index in [9.17, 15) is 0 Å². The molecule has 2 heteroatoms. The quantitative estimate of drug-likeness (QED) is 0.763. The Morgan fingerprint density at radius 2 is 2.07 bits per heavy atom. The third-order valence-corrected chi connectivity index (χ3v) is 4.33. The molecule has 1 saturated heterocycles. The van der Waals surface area contributed by atoms with Crippen LogP contribution in [0.2, 0.25) is 0 Å². The first kappa shape index (κ1) is 11.4. The maximum absolute atomic E-state index is 3.44. The molecule has 0 aromatic heterocycles. The lowest BCUT2D eigenvalue weighted by Crippen LogP contribution is -2.48. The van der Waals surface area contributed by atoms with Gasteiger partial charge in [-0.3, -0.25) is 0 Å². The summed E-state index contributed by atoms with van der Waals surface area (Å²) in [6, 6.07) is 0.748. The molecule has 88 valence electrons. The molecule has 15 heavy (non-hydrogen) atoms. The Morgan fingerprint density at radius 3 is 2.60 bits per heavy atom. The third-order valence-electron chi connectivity index (χ3n) is 4.33. The van der Waals surface area contributed by atoms with E-state index >= 15 is 0 Å². The van der Waals surface area contributed by atoms with Crippen LogP contribution in [-0.4, -0.2) is 37.6 Å². The minimum Gasteiger partial charge on any atom is -0.317 e. The van der Waals surface area contributed by atoms with Crippen LogP contribution < -0.4 is 5.32 Å². The molecule has 3 atom stereocenters. The van der Waals surface area contributed by atoms with Crippen molar-refractivity contribution in [2.75, 3.05) is 26.7 Å². The zero-order valence-electron chi connectivity index (χ0n) is 10.5. The van der Waals surface area contributed by atoms with Gasteiger partial charge in [0.2, 0.25) is 0 Å². The number of nitrogens with one attached hydrogen (secondary N) is 1. The van der Waals surface area contributed by atoms with Crippen LogP contribution in [0.5, 0.6) is 0 Å². The SMILES string of the molecule is CNC1CCN(CC(C)C2CC2)CC1C. The fourth-order valence-electron chi connectivity index (χ4n) is 3.05. The molecule has 1 saturated carbocycles. The van der Waals surface area contributed by atoms with Crippen LogP contribution in [0.15, 0.2) is 0 Å². The highest BCUT2D eigenvalue weighted by atomic mass is 15.1. The summed E-state index contributed by atoms with van der Waals surface area (Å²) in [6.07, 6.45) is 4.31. The molecule has 0 spiro atoms. The number of hydrogen-bond acceptors (Lipinski definition) is 2. The smallest absolute Gasteiger partial charge is 0.0114 e. The molecule has 2 nitrogen and oxygen atoms in total. The van der Waals surface area contributed by atoms with Crippen LogP contribution in [0.1, 0.15) is 33.1 Å². The second kappa shape index (κ2) is 4.84. The van der Waals surface area contributed by atoms with Crippen LogP contribution in [0.3, 0.4) is 0 Å². The topological polar surface area (TPSA) is 15.3 Å². The Balaban J connectivity index is 1.75. The molecular formula is C13H26N2. The third kappa shape index (κ3) is 2.94. The largest absolute Gasteiger partial charge is 0.317 e. The van der Waals surface area contributed by atoms with E-state index in [0.717, 1.165) is 23.8 Å². The van der Waals surface area contributed by atoms with E-state index in [2.05, 4.69) is 31.1 Å². The highest BCUT2D eigenvalue weighted by Crippen LogP contribution is 2.37. The summed E-state index contributed by atoms with van der Waals surface area (Å²) in [5.74, 6) is 2.81. The molecular weight excluding hydrogens is 184 g/mol. The summed E-state index contributed by atoms with van der Waals surface area (Å²) in [5.41, 5.74) is 0. The fraction of sp³-hybridized carbons (Fsp3) is 1.00. The highest BCUT2D eigenvalue weighted by Gasteiger charge is 2.31. The standard InChI is InChI=1S/C13H26N2/c1-10(12-4-5-12)8-15-7-6-13(14-3)11(2)9-15/h10-14H,4-9H2,1-3H3. The van der Waals surface area contributed by atoms with Gasteiger partial charge < -0.3 is 10.2 Å². The lowest BCUT2D eigenvalue weighted by molar-refractivity contribution is 0.131. The van der Waals surface area contributed by atoms with E-state index in [1.165, 1.54) is 38.9 Å². The monoisotopic (exact) mass is 210 g/mol. The molecule has 0 radical (unpaired) electrons. The molecule has 0 aromatic carbocycles. The van der Waals surface area contributed by atoms with E-state index in [4.69, 9.17) is 0 Å². The maximum atomic E-state index is 3.44. The van der Waals surface area contributed by atoms with E-state index in [0.29, 0.717) is 0 Å². The van der Waals surface area contributed by atoms with Gasteiger partial charge in [-0.25, -0.2) is 0 Å². The minimum absolute atomic E-state index is 0.748. The normalized spacial score (nSPS) is 35.4. The first-order valence-corrected chi connectivity index (χ1v) is 6.60. The summed E-state index contributed by atoms with van der Waals surface area (Å²) >= 11 is 0. The molecule has 0 amide bonds. The first-order chi connectivity index (χ1) is 7.20. The number of piperidine rings is 1. The highest BCUT2D eigenvalue weighted by molar-refractivity contribution is 4.85. The summed E-state index contributed by atoms with van der Waals surface area (Å²) in [4.78, 5) is 2.68. The Labute approximate surface area is 94.4 Å². The van der Waals surface area contributed by atoms with Crippen LogP contribution in [0, 0.1) is 17.8 Å². The van der Waals surface area contributed by atoms with Gasteiger partial charge >= 0.3 is 0 Å². The Hall–Kier alpha value is -0.0800. The van der Waals surface area contributed by atoms with Crippen LogP contribution in [0.4, 0.5) is 0 Å². The molecule has 1 aliphatic carbocycles. The molecule has 1 N–H and O–H groups in total. The van der Waals surface area contributed by atoms with Crippen molar-refractivity contribution >= 4 is 0 Å². The van der Waals surface area contributed by atoms with Gasteiger partial charge in [-0.1, -0.05) is 13.8 Å². The van der Waals surface area contributed by atoms with Gasteiger partial charge in [-0.05, 0) is 50.6 Å². The number of likely N-dealkylation sites (tertiary alicyclic amines) is 1. The molecule has 1 heterocycles. The number of nitrogens with zero attached hydrogens (tertiary/aromatic N) is 1. The zero-order valence-corrected chi connectivity index (χ0v) is 10.5. The van der Waals surface area contributed by atoms with E-state index in [1.807, 2.05) is 0 Å². The van der Waals surface area contributed by atoms with Gasteiger partial charge in [-0.2, -0.15) is 0 Å². The van der Waals surface area contributed by atoms with Crippen molar-refractivity contribution < 1.29 is 0 Å². The lowest BCUT2D eigenvalue weighted by atomic mass is 9.93. The molecule has 2 aliphatic rings. The van der Waals surface area contributed by atoms with Crippen LogP contribution >= 0.6 is 0 Å². The lowest BCUT2D eigenvalue weighted by Gasteiger charge is -2.38. The van der Waals surface area contributed by atoms with E-state index in [1.54, 1.807) is 0 Å². The number of hydrogen-bond donors (Lipinski definition) is 1. The van der Waals surface area contributed by atoms with Crippen LogP contribution in [0.25, 0.3) is 0 Å². The Morgan fingerprint density at radius 1 is 1.33 bits per heavy atom. The predicted molar refractivity (Wildman–Crippen MR) is 65.0 cm³/mol. The minimum atomic E-state index is 0.748. The average molecular weight is 210 g/mol. The average Bonchev–Trinajstić information content (AvgIpc) is 3.01. The second-order valence-corrected chi connectivity index (χ2v) is 5.74. The van der Waals surface area contributed by atoms with Crippen molar-refractivity contribution in [3.05, 3.63) is 0 Å². The Bertz CT molecular complexity index is 201. The summed E-state index contributed by atoms with van der Waals surface area (Å²) < 4.78 is 0. The van der Waals surface area contributed by atoms with Gasteiger partial charge in [0.15, 0.2) is 0 Å². The van der Waals surface area contributed by atoms with Gasteiger partial charge in [0.05, 0.1) is 0 Å². The van der Waals surface area contributed by atoms with Crippen molar-refractivity contribution in [2.24, 2.45) is 17.8 Å². The first-order valence-electron chi connectivity index (χ1n) is 6.60. The predicted octanol–water partition coefficient (Wildman–Crippen LogP) is 1.96. The van der Waals surface area contributed by atoms with Crippen molar-refractivity contribution in [1.82, 2.24) is 10.2 Å². The van der Waals surface area contributed by atoms with Gasteiger partial charge in [0.1, 0.15) is 0 Å². The summed E-state index contributed by atoms with van der Waals surface area (Å²) in [7, 11) is 2.10. The van der Waals surface area contributed by atoms with Crippen molar-refractivity contribution in [3.8, 4) is 0 Å². The second-order valence-electron chi connectivity index (χ2n) is 5.74. The van der Waals surface area contributed by atoms with Gasteiger partial charge in [0, 0.05) is 19.1 Å². The summed E-state index contributed by atoms with van der Waals surface area (Å²) in [5, 5.41) is 3.44. The molecule has 0 bridgehead atoms. The van der Waals surface area contributed by atoms with Crippen LogP contribution in [-0.2, 0) is 0 Å². The van der Waals surface area contributed by atoms with Crippen molar-refractivity contribution in [3.63, 3.8) is 0 Å². The summed E-state index contributed by atoms with van der Waals surface area (Å²) in [6.45, 7) is 8.75. The van der Waals surface area contributed by atoms with Gasteiger partial charge in [0.25, 0.3) is 0 Å². The fourth-order valence-corrected chi connectivity index (χ4v) is 3.05. The molecule has 0 aromatic rings. The van der Waals surface area contributed by atoms with Gasteiger partial charge in [-0.15, -0.1) is 0 Å². The molecule has 1 aliphatic heterocycles. The molecule has 2 fully saturated rings. The van der Waals surface area contributed by atoms with Crippen molar-refractivity contribution in [1.29, 1.82) is 0 Å². The van der Waals surface area contributed by atoms with Crippen molar-refractivity contribution in [2.45, 2.75) is 39.2 Å². The number of rotatable bonds is 4. The Kier molecular flexibility index (Phi) is 3.68. The zero-order chi connectivity index (χ0) is 10.8. The molecule has 3 unspecified atom stereocenters. The van der Waals surface area contributed by atoms with E-state index < -0.39 is 0 Å². The maximum Gasteiger partial charge on any atom is 0.0114 e. The van der Waals surface area contributed by atoms with E-state index in [-0.39, 0.29) is 0 Å².